The van der Waals surface area contributed by atoms with Crippen molar-refractivity contribution in [2.24, 2.45) is 0 Å². The van der Waals surface area contributed by atoms with Crippen LogP contribution in [0.2, 0.25) is 0 Å². The third-order valence-corrected chi connectivity index (χ3v) is 4.81. The van der Waals surface area contributed by atoms with Gasteiger partial charge in [-0.2, -0.15) is 0 Å². The molecule has 3 aromatic rings. The lowest BCUT2D eigenvalue weighted by Crippen LogP contribution is -2.43. The average molecular weight is 433 g/mol. The van der Waals surface area contributed by atoms with Gasteiger partial charge in [0, 0.05) is 21.8 Å². The molecule has 3 rings (SSSR count). The maximum atomic E-state index is 13.2. The molecular formula is C20H18BrFN2O3. The van der Waals surface area contributed by atoms with Crippen LogP contribution in [0.25, 0.3) is 11.1 Å². The van der Waals surface area contributed by atoms with Crippen molar-refractivity contribution in [3.63, 3.8) is 0 Å². The predicted molar refractivity (Wildman–Crippen MR) is 106 cm³/mol. The number of aryl methyl sites for hydroxylation is 1. The van der Waals surface area contributed by atoms with E-state index in [1.165, 1.54) is 29.2 Å². The summed E-state index contributed by atoms with van der Waals surface area (Å²) in [5, 5.41) is 0. The lowest BCUT2D eigenvalue weighted by molar-refractivity contribution is 0.210. The van der Waals surface area contributed by atoms with Crippen LogP contribution in [0.3, 0.4) is 0 Å². The van der Waals surface area contributed by atoms with Crippen molar-refractivity contribution >= 4 is 27.6 Å². The van der Waals surface area contributed by atoms with E-state index in [0.717, 1.165) is 9.21 Å². The molecule has 0 bridgehead atoms. The number of hydrogen-bond donors (Lipinski definition) is 0. The average Bonchev–Trinajstić information content (AvgIpc) is 2.91. The highest BCUT2D eigenvalue weighted by Gasteiger charge is 2.27. The first-order chi connectivity index (χ1) is 12.8. The van der Waals surface area contributed by atoms with Crippen LogP contribution >= 0.6 is 15.9 Å². The van der Waals surface area contributed by atoms with E-state index in [2.05, 4.69) is 15.9 Å². The molecular weight excluding hydrogens is 415 g/mol. The Kier molecular flexibility index (Phi) is 5.32. The molecule has 0 aliphatic carbocycles. The molecule has 0 unspecified atom stereocenters. The molecule has 0 atom stereocenters. The SMILES string of the molecule is Cc1on(C(=O)N(c2ccc(F)cc2)C(C)C)c(=O)c1-c1ccccc1Br. The molecule has 1 heterocycles. The van der Waals surface area contributed by atoms with Gasteiger partial charge in [0.15, 0.2) is 0 Å². The van der Waals surface area contributed by atoms with Gasteiger partial charge in [-0.25, -0.2) is 9.18 Å². The third kappa shape index (κ3) is 3.60. The largest absolute Gasteiger partial charge is 0.371 e. The lowest BCUT2D eigenvalue weighted by Gasteiger charge is -2.25. The molecule has 0 radical (unpaired) electrons. The second-order valence-corrected chi connectivity index (χ2v) is 7.18. The summed E-state index contributed by atoms with van der Waals surface area (Å²) in [7, 11) is 0. The molecule has 1 aromatic heterocycles. The van der Waals surface area contributed by atoms with Crippen molar-refractivity contribution in [1.82, 2.24) is 4.74 Å². The fourth-order valence-corrected chi connectivity index (χ4v) is 3.38. The number of benzene rings is 2. The highest BCUT2D eigenvalue weighted by Crippen LogP contribution is 2.28. The smallest absolute Gasteiger partial charge is 0.365 e. The minimum Gasteiger partial charge on any atom is -0.371 e. The number of hydrogen-bond acceptors (Lipinski definition) is 3. The molecule has 0 aliphatic heterocycles. The first kappa shape index (κ1) is 19.1. The van der Waals surface area contributed by atoms with Crippen LogP contribution in [0.1, 0.15) is 19.6 Å². The molecule has 5 nitrogen and oxygen atoms in total. The Morgan fingerprint density at radius 1 is 1.15 bits per heavy atom. The summed E-state index contributed by atoms with van der Waals surface area (Å²) >= 11 is 3.42. The second-order valence-electron chi connectivity index (χ2n) is 6.32. The number of carbonyl (C=O) groups excluding carboxylic acids is 1. The summed E-state index contributed by atoms with van der Waals surface area (Å²) in [5.74, 6) is -0.0693. The van der Waals surface area contributed by atoms with Gasteiger partial charge < -0.3 is 4.52 Å². The highest BCUT2D eigenvalue weighted by atomic mass is 79.9. The van der Waals surface area contributed by atoms with Crippen molar-refractivity contribution in [2.75, 3.05) is 4.90 Å². The Hall–Kier alpha value is -2.67. The van der Waals surface area contributed by atoms with Crippen LogP contribution in [0.5, 0.6) is 0 Å². The summed E-state index contributed by atoms with van der Waals surface area (Å²) in [6, 6.07) is 11.8. The van der Waals surface area contributed by atoms with E-state index in [9.17, 15) is 14.0 Å². The molecule has 1 amide bonds. The molecule has 0 saturated heterocycles. The molecule has 0 aliphatic rings. The van der Waals surface area contributed by atoms with Crippen molar-refractivity contribution in [3.05, 3.63) is 74.9 Å². The summed E-state index contributed by atoms with van der Waals surface area (Å²) < 4.78 is 20.2. The normalized spacial score (nSPS) is 11.0. The fourth-order valence-electron chi connectivity index (χ4n) is 2.90. The Balaban J connectivity index is 2.09. The number of amides is 1. The van der Waals surface area contributed by atoms with Gasteiger partial charge in [-0.15, -0.1) is 0 Å². The van der Waals surface area contributed by atoms with Crippen LogP contribution < -0.4 is 10.5 Å². The zero-order chi connectivity index (χ0) is 19.7. The molecule has 140 valence electrons. The molecule has 27 heavy (non-hydrogen) atoms. The number of rotatable bonds is 3. The minimum absolute atomic E-state index is 0.271. The van der Waals surface area contributed by atoms with Crippen molar-refractivity contribution in [3.8, 4) is 11.1 Å². The first-order valence-electron chi connectivity index (χ1n) is 8.38. The standard InChI is InChI=1S/C20H18BrFN2O3/c1-12(2)23(15-10-8-14(22)9-11-15)20(26)24-19(25)18(13(3)27-24)16-6-4-5-7-17(16)21/h4-12H,1-3H3. The van der Waals surface area contributed by atoms with E-state index in [1.807, 2.05) is 12.1 Å². The van der Waals surface area contributed by atoms with Gasteiger partial charge in [0.25, 0.3) is 5.56 Å². The Bertz CT molecular complexity index is 1040. The van der Waals surface area contributed by atoms with Gasteiger partial charge in [-0.05, 0) is 51.1 Å². The fraction of sp³-hybridized carbons (Fsp3) is 0.200. The molecule has 7 heteroatoms. The van der Waals surface area contributed by atoms with Crippen LogP contribution in [-0.2, 0) is 0 Å². The Morgan fingerprint density at radius 2 is 1.78 bits per heavy atom. The summed E-state index contributed by atoms with van der Waals surface area (Å²) in [4.78, 5) is 27.4. The minimum atomic E-state index is -0.636. The number of halogens is 2. The second kappa shape index (κ2) is 7.52. The van der Waals surface area contributed by atoms with E-state index in [0.29, 0.717) is 22.6 Å². The first-order valence-corrected chi connectivity index (χ1v) is 9.17. The van der Waals surface area contributed by atoms with E-state index in [-0.39, 0.29) is 6.04 Å². The summed E-state index contributed by atoms with van der Waals surface area (Å²) in [6.07, 6.45) is 0. The third-order valence-electron chi connectivity index (χ3n) is 4.12. The number of carbonyl (C=O) groups is 1. The number of nitrogens with zero attached hydrogens (tertiary/aromatic N) is 2. The molecule has 0 N–H and O–H groups in total. The van der Waals surface area contributed by atoms with E-state index < -0.39 is 17.4 Å². The zero-order valence-corrected chi connectivity index (χ0v) is 16.7. The van der Waals surface area contributed by atoms with Crippen molar-refractivity contribution in [1.29, 1.82) is 0 Å². The Labute approximate surface area is 164 Å². The summed E-state index contributed by atoms with van der Waals surface area (Å²) in [5.41, 5.74) is 0.892. The van der Waals surface area contributed by atoms with Gasteiger partial charge in [-0.1, -0.05) is 38.9 Å². The number of anilines is 1. The van der Waals surface area contributed by atoms with E-state index >= 15 is 0 Å². The van der Waals surface area contributed by atoms with Crippen LogP contribution in [0, 0.1) is 12.7 Å². The maximum Gasteiger partial charge on any atom is 0.365 e. The van der Waals surface area contributed by atoms with Gasteiger partial charge in [-0.3, -0.25) is 9.69 Å². The van der Waals surface area contributed by atoms with Gasteiger partial charge >= 0.3 is 6.03 Å². The lowest BCUT2D eigenvalue weighted by atomic mass is 10.1. The molecule has 0 fully saturated rings. The molecule has 0 spiro atoms. The molecule has 2 aromatic carbocycles. The van der Waals surface area contributed by atoms with E-state index in [1.54, 1.807) is 32.9 Å². The van der Waals surface area contributed by atoms with Crippen LogP contribution in [-0.4, -0.2) is 16.8 Å². The maximum absolute atomic E-state index is 13.2. The topological polar surface area (TPSA) is 55.5 Å². The number of aromatic nitrogens is 1. The van der Waals surface area contributed by atoms with Crippen LogP contribution in [0.15, 0.2) is 62.3 Å². The van der Waals surface area contributed by atoms with Gasteiger partial charge in [0.05, 0.1) is 5.56 Å². The molecule has 0 saturated carbocycles. The van der Waals surface area contributed by atoms with Gasteiger partial charge in [0.2, 0.25) is 0 Å². The van der Waals surface area contributed by atoms with E-state index in [4.69, 9.17) is 4.52 Å². The highest BCUT2D eigenvalue weighted by molar-refractivity contribution is 9.10. The van der Waals surface area contributed by atoms with Crippen molar-refractivity contribution in [2.45, 2.75) is 26.8 Å². The quantitative estimate of drug-likeness (QED) is 0.571. The predicted octanol–water partition coefficient (Wildman–Crippen LogP) is 5.20. The Morgan fingerprint density at radius 3 is 2.37 bits per heavy atom. The van der Waals surface area contributed by atoms with Gasteiger partial charge in [0.1, 0.15) is 11.6 Å². The zero-order valence-electron chi connectivity index (χ0n) is 15.1. The summed E-state index contributed by atoms with van der Waals surface area (Å²) in [6.45, 7) is 5.24. The van der Waals surface area contributed by atoms with Crippen LogP contribution in [0.4, 0.5) is 14.9 Å². The van der Waals surface area contributed by atoms with Crippen molar-refractivity contribution < 1.29 is 13.7 Å². The monoisotopic (exact) mass is 432 g/mol.